The van der Waals surface area contributed by atoms with Gasteiger partial charge in [-0.15, -0.1) is 0 Å². The first kappa shape index (κ1) is 15.8. The van der Waals surface area contributed by atoms with Crippen LogP contribution in [0.15, 0.2) is 12.1 Å². The van der Waals surface area contributed by atoms with E-state index in [1.165, 1.54) is 31.4 Å². The Labute approximate surface area is 130 Å². The Morgan fingerprint density at radius 1 is 1.18 bits per heavy atom. The van der Waals surface area contributed by atoms with Crippen molar-refractivity contribution >= 4 is 0 Å². The summed E-state index contributed by atoms with van der Waals surface area (Å²) in [6.45, 7) is 5.37. The first-order valence-electron chi connectivity index (χ1n) is 8.15. The molecule has 2 aliphatic rings. The fourth-order valence-electron chi connectivity index (χ4n) is 3.46. The lowest BCUT2D eigenvalue weighted by Crippen LogP contribution is -2.50. The van der Waals surface area contributed by atoms with Crippen LogP contribution in [0.4, 0.5) is 8.78 Å². The first-order valence-corrected chi connectivity index (χ1v) is 8.15. The third-order valence-corrected chi connectivity index (χ3v) is 4.83. The first-order chi connectivity index (χ1) is 10.7. The SMILES string of the molecule is Cc1ccc(F)c(CN[C@H]2COC[C@@H]2N2CCCCC2)c1F. The number of hydrogen-bond donors (Lipinski definition) is 1. The number of hydrogen-bond acceptors (Lipinski definition) is 3. The molecule has 2 aliphatic heterocycles. The fourth-order valence-corrected chi connectivity index (χ4v) is 3.46. The molecule has 2 heterocycles. The van der Waals surface area contributed by atoms with E-state index in [4.69, 9.17) is 4.74 Å². The summed E-state index contributed by atoms with van der Waals surface area (Å²) in [7, 11) is 0. The molecule has 3 rings (SSSR count). The van der Waals surface area contributed by atoms with Crippen LogP contribution in [0.1, 0.15) is 30.4 Å². The number of piperidine rings is 1. The van der Waals surface area contributed by atoms with E-state index in [2.05, 4.69) is 10.2 Å². The van der Waals surface area contributed by atoms with Crippen LogP contribution in [0.25, 0.3) is 0 Å². The number of benzene rings is 1. The summed E-state index contributed by atoms with van der Waals surface area (Å²) in [6.07, 6.45) is 3.75. The molecule has 1 aromatic rings. The Kier molecular flexibility index (Phi) is 5.06. The van der Waals surface area contributed by atoms with Crippen LogP contribution in [0.5, 0.6) is 0 Å². The Morgan fingerprint density at radius 3 is 2.73 bits per heavy atom. The lowest BCUT2D eigenvalue weighted by Gasteiger charge is -2.34. The standard InChI is InChI=1S/C17H24F2N2O/c1-12-5-6-14(18)13(17(12)19)9-20-15-10-22-11-16(15)21-7-3-2-4-8-21/h5-6,15-16,20H,2-4,7-11H2,1H3/t15-,16-/m0/s1. The van der Waals surface area contributed by atoms with Gasteiger partial charge in [0.25, 0.3) is 0 Å². The molecule has 0 aliphatic carbocycles. The maximum atomic E-state index is 14.1. The van der Waals surface area contributed by atoms with Gasteiger partial charge in [-0.3, -0.25) is 4.90 Å². The van der Waals surface area contributed by atoms with Gasteiger partial charge in [-0.1, -0.05) is 12.5 Å². The maximum absolute atomic E-state index is 14.1. The molecule has 0 spiro atoms. The normalized spacial score (nSPS) is 26.5. The molecule has 5 heteroatoms. The molecule has 122 valence electrons. The Morgan fingerprint density at radius 2 is 1.95 bits per heavy atom. The highest BCUT2D eigenvalue weighted by molar-refractivity contribution is 5.26. The summed E-state index contributed by atoms with van der Waals surface area (Å²) in [5.74, 6) is -0.926. The average molecular weight is 310 g/mol. The van der Waals surface area contributed by atoms with Crippen molar-refractivity contribution in [1.29, 1.82) is 0 Å². The van der Waals surface area contributed by atoms with Gasteiger partial charge in [-0.25, -0.2) is 8.78 Å². The minimum Gasteiger partial charge on any atom is -0.378 e. The quantitative estimate of drug-likeness (QED) is 0.925. The van der Waals surface area contributed by atoms with Gasteiger partial charge in [-0.05, 0) is 44.5 Å². The highest BCUT2D eigenvalue weighted by Crippen LogP contribution is 2.21. The molecule has 0 aromatic heterocycles. The van der Waals surface area contributed by atoms with Crippen LogP contribution in [-0.4, -0.2) is 43.3 Å². The molecule has 0 amide bonds. The minimum absolute atomic E-state index is 0.129. The second-order valence-corrected chi connectivity index (χ2v) is 6.35. The summed E-state index contributed by atoms with van der Waals surface area (Å²) in [6, 6.07) is 3.26. The van der Waals surface area contributed by atoms with Gasteiger partial charge in [0.15, 0.2) is 0 Å². The van der Waals surface area contributed by atoms with Crippen LogP contribution in [-0.2, 0) is 11.3 Å². The van der Waals surface area contributed by atoms with Crippen LogP contribution in [0.3, 0.4) is 0 Å². The minimum atomic E-state index is -0.482. The maximum Gasteiger partial charge on any atom is 0.133 e. The number of rotatable bonds is 4. The van der Waals surface area contributed by atoms with Crippen molar-refractivity contribution in [2.75, 3.05) is 26.3 Å². The predicted octanol–water partition coefficient (Wildman–Crippen LogP) is 2.62. The molecule has 1 N–H and O–H groups in total. The summed E-state index contributed by atoms with van der Waals surface area (Å²) in [4.78, 5) is 2.46. The van der Waals surface area contributed by atoms with Gasteiger partial charge in [-0.2, -0.15) is 0 Å². The second kappa shape index (κ2) is 7.02. The molecule has 0 radical (unpaired) electrons. The molecule has 22 heavy (non-hydrogen) atoms. The lowest BCUT2D eigenvalue weighted by atomic mass is 10.0. The molecule has 0 unspecified atom stereocenters. The van der Waals surface area contributed by atoms with Gasteiger partial charge in [0.2, 0.25) is 0 Å². The van der Waals surface area contributed by atoms with E-state index in [1.54, 1.807) is 6.92 Å². The van der Waals surface area contributed by atoms with Crippen LogP contribution in [0.2, 0.25) is 0 Å². The number of nitrogens with one attached hydrogen (secondary N) is 1. The predicted molar refractivity (Wildman–Crippen MR) is 81.8 cm³/mol. The van der Waals surface area contributed by atoms with Crippen LogP contribution < -0.4 is 5.32 Å². The van der Waals surface area contributed by atoms with E-state index in [1.807, 2.05) is 0 Å². The Bertz CT molecular complexity index is 518. The monoisotopic (exact) mass is 310 g/mol. The number of aryl methyl sites for hydroxylation is 1. The average Bonchev–Trinajstić information content (AvgIpc) is 3.00. The van der Waals surface area contributed by atoms with E-state index in [-0.39, 0.29) is 18.2 Å². The number of likely N-dealkylation sites (tertiary alicyclic amines) is 1. The van der Waals surface area contributed by atoms with Crippen LogP contribution in [0, 0.1) is 18.6 Å². The molecule has 1 aromatic carbocycles. The van der Waals surface area contributed by atoms with Crippen molar-refractivity contribution in [1.82, 2.24) is 10.2 Å². The number of halogens is 2. The summed E-state index contributed by atoms with van der Waals surface area (Å²) >= 11 is 0. The Hall–Kier alpha value is -1.04. The van der Waals surface area contributed by atoms with Crippen molar-refractivity contribution in [3.05, 3.63) is 34.9 Å². The Balaban J connectivity index is 1.64. The zero-order valence-corrected chi connectivity index (χ0v) is 13.1. The van der Waals surface area contributed by atoms with E-state index in [0.29, 0.717) is 24.8 Å². The lowest BCUT2D eigenvalue weighted by molar-refractivity contribution is 0.124. The van der Waals surface area contributed by atoms with E-state index >= 15 is 0 Å². The molecule has 2 fully saturated rings. The van der Waals surface area contributed by atoms with E-state index in [0.717, 1.165) is 13.1 Å². The zero-order chi connectivity index (χ0) is 15.5. The molecular weight excluding hydrogens is 286 g/mol. The fraction of sp³-hybridized carbons (Fsp3) is 0.647. The van der Waals surface area contributed by atoms with Crippen molar-refractivity contribution in [3.63, 3.8) is 0 Å². The van der Waals surface area contributed by atoms with Gasteiger partial charge >= 0.3 is 0 Å². The van der Waals surface area contributed by atoms with Gasteiger partial charge in [0.05, 0.1) is 19.3 Å². The van der Waals surface area contributed by atoms with Crippen molar-refractivity contribution < 1.29 is 13.5 Å². The summed E-state index contributed by atoms with van der Waals surface area (Å²) in [5, 5.41) is 3.31. The largest absolute Gasteiger partial charge is 0.378 e. The van der Waals surface area contributed by atoms with Gasteiger partial charge in [0.1, 0.15) is 11.6 Å². The third-order valence-electron chi connectivity index (χ3n) is 4.83. The molecule has 2 atom stereocenters. The van der Waals surface area contributed by atoms with Gasteiger partial charge in [0, 0.05) is 18.2 Å². The molecule has 2 saturated heterocycles. The van der Waals surface area contributed by atoms with Crippen molar-refractivity contribution in [3.8, 4) is 0 Å². The number of ether oxygens (including phenoxy) is 1. The molecular formula is C17H24F2N2O. The topological polar surface area (TPSA) is 24.5 Å². The van der Waals surface area contributed by atoms with Crippen molar-refractivity contribution in [2.24, 2.45) is 0 Å². The van der Waals surface area contributed by atoms with E-state index < -0.39 is 11.6 Å². The highest BCUT2D eigenvalue weighted by Gasteiger charge is 2.33. The third kappa shape index (κ3) is 3.31. The highest BCUT2D eigenvalue weighted by atomic mass is 19.1. The molecule has 0 bridgehead atoms. The summed E-state index contributed by atoms with van der Waals surface area (Å²) in [5.41, 5.74) is 0.609. The molecule has 0 saturated carbocycles. The van der Waals surface area contributed by atoms with Crippen LogP contribution >= 0.6 is 0 Å². The zero-order valence-electron chi connectivity index (χ0n) is 13.1. The van der Waals surface area contributed by atoms with Crippen molar-refractivity contribution in [2.45, 2.75) is 44.8 Å². The smallest absolute Gasteiger partial charge is 0.133 e. The molecule has 3 nitrogen and oxygen atoms in total. The second-order valence-electron chi connectivity index (χ2n) is 6.35. The number of nitrogens with zero attached hydrogens (tertiary/aromatic N) is 1. The van der Waals surface area contributed by atoms with E-state index in [9.17, 15) is 8.78 Å². The van der Waals surface area contributed by atoms with Gasteiger partial charge < -0.3 is 10.1 Å². The summed E-state index contributed by atoms with van der Waals surface area (Å²) < 4.78 is 33.5.